The second-order valence-corrected chi connectivity index (χ2v) is 7.05. The highest BCUT2D eigenvalue weighted by atomic mass is 32.1. The normalized spacial score (nSPS) is 11.6. The number of nitrogens with zero attached hydrogens (tertiary/aromatic N) is 8. The Morgan fingerprint density at radius 2 is 1.93 bits per heavy atom. The molecular formula is C19H14N8O2S. The Morgan fingerprint density at radius 1 is 1.10 bits per heavy atom. The third-order valence-electron chi connectivity index (χ3n) is 4.33. The maximum Gasteiger partial charge on any atom is 0.174 e. The van der Waals surface area contributed by atoms with E-state index >= 15 is 0 Å². The summed E-state index contributed by atoms with van der Waals surface area (Å²) in [6.45, 7) is 1.84. The quantitative estimate of drug-likeness (QED) is 0.423. The molecule has 0 radical (unpaired) electrons. The molecule has 4 rings (SSSR count). The molecule has 0 aliphatic rings. The second kappa shape index (κ2) is 7.69. The first-order valence-electron chi connectivity index (χ1n) is 8.64. The van der Waals surface area contributed by atoms with Gasteiger partial charge in [-0.05, 0) is 48.3 Å². The van der Waals surface area contributed by atoms with Crippen molar-refractivity contribution >= 4 is 44.6 Å². The van der Waals surface area contributed by atoms with Gasteiger partial charge < -0.3 is 10.2 Å². The maximum absolute atomic E-state index is 10.5. The summed E-state index contributed by atoms with van der Waals surface area (Å²) in [6, 6.07) is 10.1. The Balaban J connectivity index is 1.69. The van der Waals surface area contributed by atoms with Gasteiger partial charge in [-0.25, -0.2) is 4.68 Å². The van der Waals surface area contributed by atoms with E-state index < -0.39 is 0 Å². The zero-order valence-corrected chi connectivity index (χ0v) is 16.7. The minimum atomic E-state index is -0.360. The van der Waals surface area contributed by atoms with Crippen molar-refractivity contribution in [2.45, 2.75) is 6.92 Å². The SMILES string of the molecule is Cc1cc2c(/N=N/c3ccc(O)c(/N=N/c4ccnn4C)c3O)snc2cc1C#N. The number of hydrogen-bond acceptors (Lipinski definition) is 10. The summed E-state index contributed by atoms with van der Waals surface area (Å²) in [5.74, 6) is -0.161. The summed E-state index contributed by atoms with van der Waals surface area (Å²) in [5, 5.41) is 51.1. The molecule has 0 unspecified atom stereocenters. The summed E-state index contributed by atoms with van der Waals surface area (Å²) in [7, 11) is 1.69. The summed E-state index contributed by atoms with van der Waals surface area (Å²) in [6.07, 6.45) is 1.55. The molecule has 2 heterocycles. The molecule has 0 spiro atoms. The number of fused-ring (bicyclic) bond motifs is 1. The molecule has 10 nitrogen and oxygen atoms in total. The van der Waals surface area contributed by atoms with Gasteiger partial charge in [-0.2, -0.15) is 14.7 Å². The molecule has 2 N–H and O–H groups in total. The first kappa shape index (κ1) is 19.2. The van der Waals surface area contributed by atoms with Crippen LogP contribution in [0.25, 0.3) is 10.9 Å². The van der Waals surface area contributed by atoms with Crippen molar-refractivity contribution in [1.82, 2.24) is 14.2 Å². The van der Waals surface area contributed by atoms with Crippen LogP contribution in [-0.2, 0) is 7.05 Å². The number of aryl methyl sites for hydroxylation is 2. The number of azo groups is 2. The van der Waals surface area contributed by atoms with E-state index in [0.29, 0.717) is 21.9 Å². The van der Waals surface area contributed by atoms with Gasteiger partial charge in [0, 0.05) is 18.5 Å². The largest absolute Gasteiger partial charge is 0.505 e. The van der Waals surface area contributed by atoms with Crippen molar-refractivity contribution < 1.29 is 10.2 Å². The van der Waals surface area contributed by atoms with Crippen LogP contribution in [0.1, 0.15) is 11.1 Å². The van der Waals surface area contributed by atoms with Crippen LogP contribution in [0.2, 0.25) is 0 Å². The van der Waals surface area contributed by atoms with E-state index in [1.807, 2.05) is 13.0 Å². The number of rotatable bonds is 4. The molecule has 0 saturated heterocycles. The van der Waals surface area contributed by atoms with E-state index in [-0.39, 0.29) is 22.9 Å². The second-order valence-electron chi connectivity index (χ2n) is 6.30. The molecule has 0 aliphatic heterocycles. The highest BCUT2D eigenvalue weighted by molar-refractivity contribution is 7.11. The van der Waals surface area contributed by atoms with Crippen LogP contribution in [0.4, 0.5) is 22.2 Å². The summed E-state index contributed by atoms with van der Waals surface area (Å²) in [5.41, 5.74) is 1.99. The smallest absolute Gasteiger partial charge is 0.174 e. The first-order chi connectivity index (χ1) is 14.5. The van der Waals surface area contributed by atoms with Crippen LogP contribution >= 0.6 is 11.5 Å². The average Bonchev–Trinajstić information content (AvgIpc) is 3.32. The molecule has 0 fully saturated rings. The highest BCUT2D eigenvalue weighted by Gasteiger charge is 2.14. The predicted octanol–water partition coefficient (Wildman–Crippen LogP) is 5.45. The van der Waals surface area contributed by atoms with Crippen molar-refractivity contribution in [3.05, 3.63) is 47.7 Å². The lowest BCUT2D eigenvalue weighted by Gasteiger charge is -2.03. The van der Waals surface area contributed by atoms with Gasteiger partial charge in [0.15, 0.2) is 22.3 Å². The van der Waals surface area contributed by atoms with Gasteiger partial charge in [-0.15, -0.1) is 20.5 Å². The molecular weight excluding hydrogens is 404 g/mol. The highest BCUT2D eigenvalue weighted by Crippen LogP contribution is 2.44. The lowest BCUT2D eigenvalue weighted by Crippen LogP contribution is -1.86. The van der Waals surface area contributed by atoms with Crippen molar-refractivity contribution in [2.75, 3.05) is 0 Å². The monoisotopic (exact) mass is 418 g/mol. The van der Waals surface area contributed by atoms with Gasteiger partial charge in [-0.3, -0.25) is 0 Å². The molecule has 0 atom stereocenters. The third-order valence-corrected chi connectivity index (χ3v) is 5.09. The third kappa shape index (κ3) is 3.47. The van der Waals surface area contributed by atoms with E-state index in [4.69, 9.17) is 5.26 Å². The zero-order valence-electron chi connectivity index (χ0n) is 15.8. The lowest BCUT2D eigenvalue weighted by atomic mass is 10.1. The van der Waals surface area contributed by atoms with E-state index in [0.717, 1.165) is 22.5 Å². The van der Waals surface area contributed by atoms with Gasteiger partial charge >= 0.3 is 0 Å². The lowest BCUT2D eigenvalue weighted by molar-refractivity contribution is 0.453. The van der Waals surface area contributed by atoms with Gasteiger partial charge in [0.1, 0.15) is 11.4 Å². The molecule has 0 aliphatic carbocycles. The van der Waals surface area contributed by atoms with Gasteiger partial charge in [-0.1, -0.05) is 0 Å². The molecule has 30 heavy (non-hydrogen) atoms. The van der Waals surface area contributed by atoms with Crippen LogP contribution in [-0.4, -0.2) is 24.4 Å². The number of benzene rings is 2. The van der Waals surface area contributed by atoms with Crippen LogP contribution < -0.4 is 0 Å². The Bertz CT molecular complexity index is 1360. The minimum absolute atomic E-state index is 0.110. The predicted molar refractivity (Wildman–Crippen MR) is 110 cm³/mol. The molecule has 0 amide bonds. The Morgan fingerprint density at radius 3 is 2.67 bits per heavy atom. The molecule has 148 valence electrons. The summed E-state index contributed by atoms with van der Waals surface area (Å²) < 4.78 is 5.79. The zero-order chi connectivity index (χ0) is 21.3. The molecule has 0 bridgehead atoms. The Hall–Kier alpha value is -4.17. The first-order valence-corrected chi connectivity index (χ1v) is 9.42. The molecule has 0 saturated carbocycles. The number of aromatic hydroxyl groups is 2. The molecule has 4 aromatic rings. The van der Waals surface area contributed by atoms with Crippen LogP contribution in [0.3, 0.4) is 0 Å². The maximum atomic E-state index is 10.5. The molecule has 2 aromatic heterocycles. The number of hydrogen-bond donors (Lipinski definition) is 2. The number of nitriles is 1. The van der Waals surface area contributed by atoms with Crippen molar-refractivity contribution in [3.63, 3.8) is 0 Å². The van der Waals surface area contributed by atoms with E-state index in [9.17, 15) is 10.2 Å². The fraction of sp³-hybridized carbons (Fsp3) is 0.105. The molecule has 11 heteroatoms. The van der Waals surface area contributed by atoms with Crippen molar-refractivity contribution in [2.24, 2.45) is 27.5 Å². The van der Waals surface area contributed by atoms with Crippen molar-refractivity contribution in [3.8, 4) is 17.6 Å². The van der Waals surface area contributed by atoms with Gasteiger partial charge in [0.25, 0.3) is 0 Å². The van der Waals surface area contributed by atoms with Gasteiger partial charge in [0.2, 0.25) is 0 Å². The number of phenolic OH excluding ortho intramolecular Hbond substituents is 2. The van der Waals surface area contributed by atoms with Crippen LogP contribution in [0.15, 0.2) is 57.0 Å². The molecule has 2 aromatic carbocycles. The summed E-state index contributed by atoms with van der Waals surface area (Å²) >= 11 is 1.13. The summed E-state index contributed by atoms with van der Waals surface area (Å²) in [4.78, 5) is 0. The van der Waals surface area contributed by atoms with Crippen LogP contribution in [0.5, 0.6) is 11.5 Å². The topological polar surface area (TPSA) is 144 Å². The van der Waals surface area contributed by atoms with E-state index in [1.165, 1.54) is 16.8 Å². The number of aromatic nitrogens is 3. The minimum Gasteiger partial charge on any atom is -0.505 e. The fourth-order valence-electron chi connectivity index (χ4n) is 2.68. The Kier molecular flexibility index (Phi) is 4.91. The number of phenols is 2. The van der Waals surface area contributed by atoms with E-state index in [2.05, 4.69) is 36.0 Å². The Labute approximate surface area is 174 Å². The van der Waals surface area contributed by atoms with Gasteiger partial charge in [0.05, 0.1) is 23.3 Å². The average molecular weight is 418 g/mol. The van der Waals surface area contributed by atoms with Crippen LogP contribution in [0, 0.1) is 18.3 Å². The standard InChI is InChI=1S/C19H14N8O2S/c1-10-7-12-14(8-11(10)9-20)26-30-19(12)25-22-13-3-4-15(28)17(18(13)29)24-23-16-5-6-21-27(16)2/h3-8,28-29H,1-2H3/b24-23+,25-22+. The fourth-order valence-corrected chi connectivity index (χ4v) is 3.36. The van der Waals surface area contributed by atoms with Crippen molar-refractivity contribution in [1.29, 1.82) is 5.26 Å². The van der Waals surface area contributed by atoms with E-state index in [1.54, 1.807) is 25.4 Å².